The molecule has 0 fully saturated rings. The van der Waals surface area contributed by atoms with Crippen molar-refractivity contribution in [2.24, 2.45) is 0 Å². The molecular formula is C18H15BrN2O3S. The number of nitrogens with one attached hydrogen (secondary N) is 2. The van der Waals surface area contributed by atoms with Gasteiger partial charge in [0.1, 0.15) is 11.5 Å². The maximum absolute atomic E-state index is 12.6. The number of benzene rings is 2. The third-order valence-electron chi connectivity index (χ3n) is 3.62. The minimum absolute atomic E-state index is 0.215. The van der Waals surface area contributed by atoms with Gasteiger partial charge in [-0.25, -0.2) is 0 Å². The Morgan fingerprint density at radius 2 is 2.08 bits per heavy atom. The van der Waals surface area contributed by atoms with Gasteiger partial charge >= 0.3 is 0 Å². The monoisotopic (exact) mass is 418 g/mol. The Morgan fingerprint density at radius 1 is 1.28 bits per heavy atom. The molecule has 3 aromatic rings. The topological polar surface area (TPSA) is 63.5 Å². The largest absolute Gasteiger partial charge is 0.495 e. The summed E-state index contributed by atoms with van der Waals surface area (Å²) < 4.78 is 11.4. The first-order valence-corrected chi connectivity index (χ1v) is 8.67. The number of methoxy groups -OCH3 is 1. The number of hydrogen-bond acceptors (Lipinski definition) is 4. The van der Waals surface area contributed by atoms with E-state index in [-0.39, 0.29) is 11.0 Å². The third kappa shape index (κ3) is 3.83. The smallest absolute Gasteiger partial charge is 0.261 e. The molecule has 0 bridgehead atoms. The van der Waals surface area contributed by atoms with E-state index in [1.807, 2.05) is 30.3 Å². The lowest BCUT2D eigenvalue weighted by molar-refractivity contribution is 0.0973. The van der Waals surface area contributed by atoms with Gasteiger partial charge in [-0.3, -0.25) is 10.1 Å². The summed E-state index contributed by atoms with van der Waals surface area (Å²) in [5.74, 6) is 0.841. The highest BCUT2D eigenvalue weighted by atomic mass is 79.9. The van der Waals surface area contributed by atoms with Crippen LogP contribution in [0.3, 0.4) is 0 Å². The number of carbonyl (C=O) groups excluding carboxylic acids is 1. The molecule has 0 unspecified atom stereocenters. The number of furan rings is 1. The minimum atomic E-state index is -0.347. The van der Waals surface area contributed by atoms with Crippen molar-refractivity contribution in [3.63, 3.8) is 0 Å². The van der Waals surface area contributed by atoms with Crippen LogP contribution >= 0.6 is 28.1 Å². The normalized spacial score (nSPS) is 10.5. The molecule has 128 valence electrons. The molecule has 1 aromatic heterocycles. The Balaban J connectivity index is 1.80. The van der Waals surface area contributed by atoms with Crippen LogP contribution in [0.15, 0.2) is 57.6 Å². The predicted octanol–water partition coefficient (Wildman–Crippen LogP) is 4.01. The quantitative estimate of drug-likeness (QED) is 0.626. The highest BCUT2D eigenvalue weighted by molar-refractivity contribution is 9.10. The maximum atomic E-state index is 12.6. The summed E-state index contributed by atoms with van der Waals surface area (Å²) in [6.07, 6.45) is 1.58. The van der Waals surface area contributed by atoms with Crippen LogP contribution in [-0.2, 0) is 6.54 Å². The van der Waals surface area contributed by atoms with Gasteiger partial charge in [-0.05, 0) is 57.1 Å². The molecule has 0 aliphatic carbocycles. The van der Waals surface area contributed by atoms with Crippen LogP contribution in [0.2, 0.25) is 0 Å². The molecule has 1 heterocycles. The second kappa shape index (κ2) is 7.67. The third-order valence-corrected chi connectivity index (χ3v) is 4.65. The SMILES string of the molecule is COc1c(C(=O)NC(=S)NCc2ccco2)cc2ccccc2c1Br. The zero-order chi connectivity index (χ0) is 17.8. The van der Waals surface area contributed by atoms with Gasteiger partial charge < -0.3 is 14.5 Å². The summed E-state index contributed by atoms with van der Waals surface area (Å²) in [6.45, 7) is 0.394. The summed E-state index contributed by atoms with van der Waals surface area (Å²) in [5, 5.41) is 7.70. The van der Waals surface area contributed by atoms with Crippen molar-refractivity contribution in [1.29, 1.82) is 0 Å². The summed E-state index contributed by atoms with van der Waals surface area (Å²) in [5.41, 5.74) is 0.398. The van der Waals surface area contributed by atoms with Crippen LogP contribution in [0.25, 0.3) is 10.8 Å². The fourth-order valence-corrected chi connectivity index (χ4v) is 3.35. The minimum Gasteiger partial charge on any atom is -0.495 e. The second-order valence-electron chi connectivity index (χ2n) is 5.21. The Labute approximate surface area is 158 Å². The molecule has 0 radical (unpaired) electrons. The van der Waals surface area contributed by atoms with Crippen molar-refractivity contribution in [2.45, 2.75) is 6.54 Å². The van der Waals surface area contributed by atoms with E-state index in [1.165, 1.54) is 7.11 Å². The lowest BCUT2D eigenvalue weighted by Crippen LogP contribution is -2.38. The van der Waals surface area contributed by atoms with Crippen molar-refractivity contribution < 1.29 is 13.9 Å². The molecule has 0 saturated heterocycles. The molecule has 1 amide bonds. The van der Waals surface area contributed by atoms with Gasteiger partial charge in [0.25, 0.3) is 5.91 Å². The second-order valence-corrected chi connectivity index (χ2v) is 6.41. The lowest BCUT2D eigenvalue weighted by Gasteiger charge is -2.14. The van der Waals surface area contributed by atoms with Crippen LogP contribution < -0.4 is 15.4 Å². The number of fused-ring (bicyclic) bond motifs is 1. The standard InChI is InChI=1S/C18H15BrN2O3S/c1-23-16-14(9-11-5-2-3-7-13(11)15(16)19)17(22)21-18(25)20-10-12-6-4-8-24-12/h2-9H,10H2,1H3,(H2,20,21,22,25). The van der Waals surface area contributed by atoms with E-state index < -0.39 is 0 Å². The summed E-state index contributed by atoms with van der Waals surface area (Å²) in [6, 6.07) is 13.1. The van der Waals surface area contributed by atoms with Gasteiger partial charge in [-0.15, -0.1) is 0 Å². The van der Waals surface area contributed by atoms with E-state index >= 15 is 0 Å². The van der Waals surface area contributed by atoms with E-state index in [0.29, 0.717) is 17.9 Å². The highest BCUT2D eigenvalue weighted by Crippen LogP contribution is 2.36. The van der Waals surface area contributed by atoms with E-state index in [4.69, 9.17) is 21.4 Å². The molecule has 2 aromatic carbocycles. The van der Waals surface area contributed by atoms with Crippen molar-refractivity contribution in [1.82, 2.24) is 10.6 Å². The fourth-order valence-electron chi connectivity index (χ4n) is 2.45. The van der Waals surface area contributed by atoms with Crippen LogP contribution in [0.1, 0.15) is 16.1 Å². The molecule has 0 saturated carbocycles. The van der Waals surface area contributed by atoms with Crippen molar-refractivity contribution in [2.75, 3.05) is 7.11 Å². The van der Waals surface area contributed by atoms with Crippen LogP contribution in [0, 0.1) is 0 Å². The van der Waals surface area contributed by atoms with Gasteiger partial charge in [0, 0.05) is 0 Å². The van der Waals surface area contributed by atoms with Crippen LogP contribution in [-0.4, -0.2) is 18.1 Å². The summed E-state index contributed by atoms with van der Waals surface area (Å²) in [4.78, 5) is 12.6. The van der Waals surface area contributed by atoms with Gasteiger partial charge in [0.2, 0.25) is 0 Å². The van der Waals surface area contributed by atoms with E-state index in [2.05, 4.69) is 26.6 Å². The number of carbonyl (C=O) groups is 1. The Bertz CT molecular complexity index is 925. The first kappa shape index (κ1) is 17.4. The Morgan fingerprint density at radius 3 is 2.80 bits per heavy atom. The molecular weight excluding hydrogens is 404 g/mol. The molecule has 5 nitrogen and oxygen atoms in total. The molecule has 0 aliphatic heterocycles. The predicted molar refractivity (Wildman–Crippen MR) is 104 cm³/mol. The van der Waals surface area contributed by atoms with Crippen molar-refractivity contribution >= 4 is 49.9 Å². The molecule has 2 N–H and O–H groups in total. The lowest BCUT2D eigenvalue weighted by atomic mass is 10.1. The van der Waals surface area contributed by atoms with Crippen LogP contribution in [0.4, 0.5) is 0 Å². The molecule has 3 rings (SSSR count). The molecule has 0 spiro atoms. The first-order valence-electron chi connectivity index (χ1n) is 7.47. The maximum Gasteiger partial charge on any atom is 0.261 e. The molecule has 7 heteroatoms. The summed E-state index contributed by atoms with van der Waals surface area (Å²) in [7, 11) is 1.53. The fraction of sp³-hybridized carbons (Fsp3) is 0.111. The van der Waals surface area contributed by atoms with E-state index in [0.717, 1.165) is 21.0 Å². The number of rotatable bonds is 4. The average Bonchev–Trinajstić information content (AvgIpc) is 3.13. The molecule has 25 heavy (non-hydrogen) atoms. The van der Waals surface area contributed by atoms with Gasteiger partial charge in [0.15, 0.2) is 5.11 Å². The van der Waals surface area contributed by atoms with E-state index in [9.17, 15) is 4.79 Å². The average molecular weight is 419 g/mol. The zero-order valence-electron chi connectivity index (χ0n) is 13.3. The number of amides is 1. The Hall–Kier alpha value is -2.38. The molecule has 0 atom stereocenters. The number of ether oxygens (including phenoxy) is 1. The number of hydrogen-bond donors (Lipinski definition) is 2. The van der Waals surface area contributed by atoms with Gasteiger partial charge in [-0.2, -0.15) is 0 Å². The van der Waals surface area contributed by atoms with Crippen molar-refractivity contribution in [3.8, 4) is 5.75 Å². The number of thiocarbonyl (C=S) groups is 1. The Kier molecular flexibility index (Phi) is 5.35. The number of halogens is 1. The van der Waals surface area contributed by atoms with Gasteiger partial charge in [0.05, 0.1) is 30.0 Å². The molecule has 0 aliphatic rings. The van der Waals surface area contributed by atoms with Crippen LogP contribution in [0.5, 0.6) is 5.75 Å². The summed E-state index contributed by atoms with van der Waals surface area (Å²) >= 11 is 8.69. The van der Waals surface area contributed by atoms with E-state index in [1.54, 1.807) is 18.4 Å². The van der Waals surface area contributed by atoms with Gasteiger partial charge in [-0.1, -0.05) is 24.3 Å². The first-order chi connectivity index (χ1) is 12.1. The zero-order valence-corrected chi connectivity index (χ0v) is 15.7. The van der Waals surface area contributed by atoms with Crippen molar-refractivity contribution in [3.05, 3.63) is 64.5 Å². The highest BCUT2D eigenvalue weighted by Gasteiger charge is 2.18.